The van der Waals surface area contributed by atoms with Crippen molar-refractivity contribution < 1.29 is 9.90 Å². The Morgan fingerprint density at radius 1 is 1.44 bits per heavy atom. The molecule has 1 unspecified atom stereocenters. The molecule has 0 aliphatic rings. The fourth-order valence-electron chi connectivity index (χ4n) is 1.43. The lowest BCUT2D eigenvalue weighted by molar-refractivity contribution is -0.124. The van der Waals surface area contributed by atoms with Crippen LogP contribution in [0.5, 0.6) is 0 Å². The second kappa shape index (κ2) is 6.66. The van der Waals surface area contributed by atoms with Crippen LogP contribution in [0, 0.1) is 0 Å². The average Bonchev–Trinajstić information content (AvgIpc) is 2.28. The summed E-state index contributed by atoms with van der Waals surface area (Å²) < 4.78 is 1.07. The van der Waals surface area contributed by atoms with Crippen molar-refractivity contribution in [2.45, 2.75) is 25.8 Å². The van der Waals surface area contributed by atoms with E-state index in [-0.39, 0.29) is 11.9 Å². The van der Waals surface area contributed by atoms with Crippen LogP contribution in [0.3, 0.4) is 0 Å². The van der Waals surface area contributed by atoms with E-state index in [9.17, 15) is 4.79 Å². The molecule has 4 heteroatoms. The van der Waals surface area contributed by atoms with Gasteiger partial charge in [-0.25, -0.2) is 0 Å². The first-order valence-corrected chi connectivity index (χ1v) is 6.06. The monoisotopic (exact) mass is 285 g/mol. The molecule has 0 fully saturated rings. The summed E-state index contributed by atoms with van der Waals surface area (Å²) in [6.07, 6.45) is 1.79. The number of benzene rings is 1. The molecule has 0 aliphatic heterocycles. The Morgan fingerprint density at radius 3 is 2.62 bits per heavy atom. The Labute approximate surface area is 104 Å². The maximum atomic E-state index is 10.9. The van der Waals surface area contributed by atoms with Crippen molar-refractivity contribution in [1.29, 1.82) is 0 Å². The molecule has 0 bridgehead atoms. The van der Waals surface area contributed by atoms with E-state index in [2.05, 4.69) is 33.4 Å². The molecule has 0 saturated heterocycles. The number of amides is 1. The number of hydrogen-bond donors (Lipinski definition) is 2. The number of rotatable bonds is 5. The number of halogens is 1. The van der Waals surface area contributed by atoms with Gasteiger partial charge in [0.15, 0.2) is 0 Å². The van der Waals surface area contributed by atoms with Gasteiger partial charge in [-0.15, -0.1) is 0 Å². The van der Waals surface area contributed by atoms with Crippen molar-refractivity contribution >= 4 is 21.8 Å². The molecule has 1 aromatic carbocycles. The van der Waals surface area contributed by atoms with E-state index in [1.807, 2.05) is 19.1 Å². The van der Waals surface area contributed by atoms with Gasteiger partial charge in [-0.1, -0.05) is 28.1 Å². The van der Waals surface area contributed by atoms with Gasteiger partial charge in [0.2, 0.25) is 5.91 Å². The van der Waals surface area contributed by atoms with Gasteiger partial charge in [0.1, 0.15) is 6.61 Å². The molecule has 0 aliphatic carbocycles. The Bertz CT molecular complexity index is 337. The zero-order valence-electron chi connectivity index (χ0n) is 9.24. The summed E-state index contributed by atoms with van der Waals surface area (Å²) in [5.74, 6) is -0.316. The highest BCUT2D eigenvalue weighted by atomic mass is 79.9. The summed E-state index contributed by atoms with van der Waals surface area (Å²) in [7, 11) is 0. The van der Waals surface area contributed by atoms with Crippen LogP contribution in [-0.2, 0) is 11.2 Å². The molecule has 16 heavy (non-hydrogen) atoms. The molecule has 0 heterocycles. The molecule has 1 aromatic rings. The zero-order chi connectivity index (χ0) is 12.0. The van der Waals surface area contributed by atoms with E-state index < -0.39 is 6.61 Å². The third-order valence-electron chi connectivity index (χ3n) is 2.33. The maximum Gasteiger partial charge on any atom is 0.245 e. The van der Waals surface area contributed by atoms with Gasteiger partial charge in [0.25, 0.3) is 0 Å². The van der Waals surface area contributed by atoms with Crippen molar-refractivity contribution in [3.05, 3.63) is 34.3 Å². The molecule has 0 spiro atoms. The number of aliphatic hydroxyl groups excluding tert-OH is 1. The van der Waals surface area contributed by atoms with E-state index in [1.165, 1.54) is 5.56 Å². The Balaban J connectivity index is 2.34. The van der Waals surface area contributed by atoms with Crippen LogP contribution in [-0.4, -0.2) is 23.7 Å². The van der Waals surface area contributed by atoms with Crippen molar-refractivity contribution in [2.75, 3.05) is 6.61 Å². The van der Waals surface area contributed by atoms with Crippen LogP contribution < -0.4 is 5.32 Å². The van der Waals surface area contributed by atoms with E-state index in [0.29, 0.717) is 0 Å². The molecule has 2 N–H and O–H groups in total. The predicted molar refractivity (Wildman–Crippen MR) is 67.2 cm³/mol. The standard InChI is InChI=1S/C12H16BrNO2/c1-9(14-12(16)8-15)2-3-10-4-6-11(13)7-5-10/h4-7,9,15H,2-3,8H2,1H3,(H,14,16). The van der Waals surface area contributed by atoms with Crippen LogP contribution in [0.4, 0.5) is 0 Å². The van der Waals surface area contributed by atoms with Crippen molar-refractivity contribution in [1.82, 2.24) is 5.32 Å². The third kappa shape index (κ3) is 4.77. The highest BCUT2D eigenvalue weighted by Crippen LogP contribution is 2.12. The minimum Gasteiger partial charge on any atom is -0.387 e. The Morgan fingerprint density at radius 2 is 2.06 bits per heavy atom. The first-order valence-electron chi connectivity index (χ1n) is 5.26. The highest BCUT2D eigenvalue weighted by Gasteiger charge is 2.05. The molecule has 0 radical (unpaired) electrons. The quantitative estimate of drug-likeness (QED) is 0.868. The largest absolute Gasteiger partial charge is 0.387 e. The smallest absolute Gasteiger partial charge is 0.245 e. The van der Waals surface area contributed by atoms with Gasteiger partial charge in [0, 0.05) is 10.5 Å². The molecule has 1 amide bonds. The van der Waals surface area contributed by atoms with E-state index in [1.54, 1.807) is 0 Å². The van der Waals surface area contributed by atoms with Crippen LogP contribution in [0.25, 0.3) is 0 Å². The first kappa shape index (κ1) is 13.2. The second-order valence-corrected chi connectivity index (χ2v) is 4.71. The summed E-state index contributed by atoms with van der Waals surface area (Å²) >= 11 is 3.38. The summed E-state index contributed by atoms with van der Waals surface area (Å²) in [5, 5.41) is 11.3. The lowest BCUT2D eigenvalue weighted by atomic mass is 10.1. The van der Waals surface area contributed by atoms with Gasteiger partial charge >= 0.3 is 0 Å². The molecule has 0 aromatic heterocycles. The number of carbonyl (C=O) groups excluding carboxylic acids is 1. The Hall–Kier alpha value is -0.870. The van der Waals surface area contributed by atoms with Crippen LogP contribution >= 0.6 is 15.9 Å². The van der Waals surface area contributed by atoms with Crippen molar-refractivity contribution in [3.63, 3.8) is 0 Å². The summed E-state index contributed by atoms with van der Waals surface area (Å²) in [6, 6.07) is 8.22. The molecule has 1 rings (SSSR count). The Kier molecular flexibility index (Phi) is 5.49. The predicted octanol–water partition coefficient (Wildman–Crippen LogP) is 1.88. The lowest BCUT2D eigenvalue weighted by Crippen LogP contribution is -2.34. The molecule has 88 valence electrons. The molecular formula is C12H16BrNO2. The summed E-state index contributed by atoms with van der Waals surface area (Å²) in [6.45, 7) is 1.50. The van der Waals surface area contributed by atoms with E-state index >= 15 is 0 Å². The molecule has 3 nitrogen and oxygen atoms in total. The van der Waals surface area contributed by atoms with Crippen LogP contribution in [0.2, 0.25) is 0 Å². The number of aliphatic hydroxyl groups is 1. The van der Waals surface area contributed by atoms with E-state index in [4.69, 9.17) is 5.11 Å². The van der Waals surface area contributed by atoms with Gasteiger partial charge < -0.3 is 10.4 Å². The molecular weight excluding hydrogens is 270 g/mol. The number of aryl methyl sites for hydroxylation is 1. The summed E-state index contributed by atoms with van der Waals surface area (Å²) in [5.41, 5.74) is 1.24. The molecule has 0 saturated carbocycles. The number of hydrogen-bond acceptors (Lipinski definition) is 2. The fourth-order valence-corrected chi connectivity index (χ4v) is 1.69. The highest BCUT2D eigenvalue weighted by molar-refractivity contribution is 9.10. The second-order valence-electron chi connectivity index (χ2n) is 3.79. The number of nitrogens with one attached hydrogen (secondary N) is 1. The SMILES string of the molecule is CC(CCc1ccc(Br)cc1)NC(=O)CO. The van der Waals surface area contributed by atoms with Crippen LogP contribution in [0.1, 0.15) is 18.9 Å². The van der Waals surface area contributed by atoms with E-state index in [0.717, 1.165) is 17.3 Å². The minimum absolute atomic E-state index is 0.0864. The normalized spacial score (nSPS) is 12.2. The lowest BCUT2D eigenvalue weighted by Gasteiger charge is -2.12. The van der Waals surface area contributed by atoms with Gasteiger partial charge in [0.05, 0.1) is 0 Å². The fraction of sp³-hybridized carbons (Fsp3) is 0.417. The third-order valence-corrected chi connectivity index (χ3v) is 2.86. The topological polar surface area (TPSA) is 49.3 Å². The maximum absolute atomic E-state index is 10.9. The van der Waals surface area contributed by atoms with Crippen LogP contribution in [0.15, 0.2) is 28.7 Å². The molecule has 1 atom stereocenters. The number of carbonyl (C=O) groups is 1. The van der Waals surface area contributed by atoms with Crippen molar-refractivity contribution in [2.24, 2.45) is 0 Å². The minimum atomic E-state index is -0.442. The first-order chi connectivity index (χ1) is 7.61. The summed E-state index contributed by atoms with van der Waals surface area (Å²) in [4.78, 5) is 10.9. The van der Waals surface area contributed by atoms with Crippen molar-refractivity contribution in [3.8, 4) is 0 Å². The van der Waals surface area contributed by atoms with Gasteiger partial charge in [-0.3, -0.25) is 4.79 Å². The van der Waals surface area contributed by atoms with Gasteiger partial charge in [-0.05, 0) is 37.5 Å². The zero-order valence-corrected chi connectivity index (χ0v) is 10.8. The van der Waals surface area contributed by atoms with Gasteiger partial charge in [-0.2, -0.15) is 0 Å². The average molecular weight is 286 g/mol.